The van der Waals surface area contributed by atoms with Crippen molar-refractivity contribution in [2.45, 2.75) is 39.5 Å². The number of carbonyl (C=O) groups excluding carboxylic acids is 2. The van der Waals surface area contributed by atoms with Crippen molar-refractivity contribution in [1.29, 1.82) is 0 Å². The van der Waals surface area contributed by atoms with E-state index in [0.717, 1.165) is 0 Å². The SMILES string of the molecule is CCOC(=O)CCCOc1cccc(OCCCC(=O)OCC)c1. The summed E-state index contributed by atoms with van der Waals surface area (Å²) in [5.41, 5.74) is 0. The highest BCUT2D eigenvalue weighted by Gasteiger charge is 2.04. The Morgan fingerprint density at radius 3 is 1.71 bits per heavy atom. The van der Waals surface area contributed by atoms with E-state index in [-0.39, 0.29) is 11.9 Å². The van der Waals surface area contributed by atoms with Gasteiger partial charge in [-0.2, -0.15) is 0 Å². The normalized spacial score (nSPS) is 10.1. The fourth-order valence-corrected chi connectivity index (χ4v) is 1.93. The first-order valence-electron chi connectivity index (χ1n) is 8.32. The zero-order valence-electron chi connectivity index (χ0n) is 14.4. The molecule has 0 radical (unpaired) electrons. The standard InChI is InChI=1S/C18H26O6/c1-3-21-17(19)10-6-12-23-15-8-5-9-16(14-15)24-13-7-11-18(20)22-4-2/h5,8-9,14H,3-4,6-7,10-13H2,1-2H3. The molecule has 1 rings (SSSR count). The van der Waals surface area contributed by atoms with E-state index in [1.54, 1.807) is 19.9 Å². The van der Waals surface area contributed by atoms with Gasteiger partial charge in [0.15, 0.2) is 0 Å². The Bertz CT molecular complexity index is 459. The van der Waals surface area contributed by atoms with Crippen LogP contribution in [-0.4, -0.2) is 38.4 Å². The molecular weight excluding hydrogens is 312 g/mol. The van der Waals surface area contributed by atoms with Gasteiger partial charge in [-0.15, -0.1) is 0 Å². The molecule has 6 heteroatoms. The minimum atomic E-state index is -0.209. The molecule has 0 atom stereocenters. The Balaban J connectivity index is 2.23. The van der Waals surface area contributed by atoms with Gasteiger partial charge in [-0.25, -0.2) is 0 Å². The van der Waals surface area contributed by atoms with Crippen molar-refractivity contribution in [2.75, 3.05) is 26.4 Å². The lowest BCUT2D eigenvalue weighted by atomic mass is 10.3. The number of rotatable bonds is 12. The van der Waals surface area contributed by atoms with Crippen LogP contribution < -0.4 is 9.47 Å². The molecule has 0 heterocycles. The summed E-state index contributed by atoms with van der Waals surface area (Å²) in [6.07, 6.45) is 1.89. The number of esters is 2. The largest absolute Gasteiger partial charge is 0.493 e. The van der Waals surface area contributed by atoms with Crippen molar-refractivity contribution in [2.24, 2.45) is 0 Å². The Morgan fingerprint density at radius 1 is 0.833 bits per heavy atom. The Hall–Kier alpha value is -2.24. The van der Waals surface area contributed by atoms with Crippen LogP contribution in [0.2, 0.25) is 0 Å². The molecule has 1 aromatic carbocycles. The second kappa shape index (κ2) is 12.2. The topological polar surface area (TPSA) is 71.1 Å². The van der Waals surface area contributed by atoms with Crippen LogP contribution in [-0.2, 0) is 19.1 Å². The second-order valence-corrected chi connectivity index (χ2v) is 4.99. The van der Waals surface area contributed by atoms with Crippen LogP contribution in [0.15, 0.2) is 24.3 Å². The van der Waals surface area contributed by atoms with Crippen molar-refractivity contribution in [3.63, 3.8) is 0 Å². The van der Waals surface area contributed by atoms with Crippen LogP contribution in [0, 0.1) is 0 Å². The van der Waals surface area contributed by atoms with E-state index < -0.39 is 0 Å². The lowest BCUT2D eigenvalue weighted by Crippen LogP contribution is -2.07. The maximum absolute atomic E-state index is 11.2. The van der Waals surface area contributed by atoms with Gasteiger partial charge in [0.2, 0.25) is 0 Å². The van der Waals surface area contributed by atoms with Gasteiger partial charge in [-0.1, -0.05) is 6.07 Å². The van der Waals surface area contributed by atoms with Crippen LogP contribution in [0.1, 0.15) is 39.5 Å². The molecule has 24 heavy (non-hydrogen) atoms. The average Bonchev–Trinajstić information content (AvgIpc) is 2.57. The zero-order chi connectivity index (χ0) is 17.6. The van der Waals surface area contributed by atoms with Crippen LogP contribution in [0.4, 0.5) is 0 Å². The van der Waals surface area contributed by atoms with Gasteiger partial charge in [0.05, 0.1) is 26.4 Å². The monoisotopic (exact) mass is 338 g/mol. The van der Waals surface area contributed by atoms with Crippen molar-refractivity contribution in [3.05, 3.63) is 24.3 Å². The van der Waals surface area contributed by atoms with Crippen molar-refractivity contribution >= 4 is 11.9 Å². The van der Waals surface area contributed by atoms with E-state index in [0.29, 0.717) is 63.6 Å². The molecule has 0 spiro atoms. The van der Waals surface area contributed by atoms with E-state index >= 15 is 0 Å². The molecular formula is C18H26O6. The molecule has 0 aliphatic heterocycles. The molecule has 0 amide bonds. The number of benzene rings is 1. The third-order valence-corrected chi connectivity index (χ3v) is 3.00. The molecule has 1 aromatic rings. The summed E-state index contributed by atoms with van der Waals surface area (Å²) >= 11 is 0. The first-order chi connectivity index (χ1) is 11.7. The first kappa shape index (κ1) is 19.8. The molecule has 0 fully saturated rings. The van der Waals surface area contributed by atoms with Crippen molar-refractivity contribution in [1.82, 2.24) is 0 Å². The molecule has 0 N–H and O–H groups in total. The predicted octanol–water partition coefficient (Wildman–Crippen LogP) is 3.13. The molecule has 134 valence electrons. The average molecular weight is 338 g/mol. The highest BCUT2D eigenvalue weighted by molar-refractivity contribution is 5.69. The summed E-state index contributed by atoms with van der Waals surface area (Å²) in [5, 5.41) is 0. The number of hydrogen-bond donors (Lipinski definition) is 0. The predicted molar refractivity (Wildman–Crippen MR) is 89.2 cm³/mol. The van der Waals surface area contributed by atoms with Gasteiger partial charge in [0.1, 0.15) is 11.5 Å². The number of hydrogen-bond acceptors (Lipinski definition) is 6. The molecule has 0 saturated carbocycles. The molecule has 0 saturated heterocycles. The van der Waals surface area contributed by atoms with E-state index in [1.807, 2.05) is 18.2 Å². The summed E-state index contributed by atoms with van der Waals surface area (Å²) in [6.45, 7) is 5.24. The van der Waals surface area contributed by atoms with Gasteiger partial charge in [-0.05, 0) is 38.8 Å². The fraction of sp³-hybridized carbons (Fsp3) is 0.556. The maximum atomic E-state index is 11.2. The lowest BCUT2D eigenvalue weighted by molar-refractivity contribution is -0.144. The Labute approximate surface area is 143 Å². The molecule has 0 unspecified atom stereocenters. The van der Waals surface area contributed by atoms with E-state index in [9.17, 15) is 9.59 Å². The van der Waals surface area contributed by atoms with Gasteiger partial charge in [0, 0.05) is 18.9 Å². The van der Waals surface area contributed by atoms with Crippen LogP contribution in [0.25, 0.3) is 0 Å². The molecule has 0 aromatic heterocycles. The number of ether oxygens (including phenoxy) is 4. The van der Waals surface area contributed by atoms with Gasteiger partial charge in [0.25, 0.3) is 0 Å². The van der Waals surface area contributed by atoms with Crippen molar-refractivity contribution in [3.8, 4) is 11.5 Å². The molecule has 0 bridgehead atoms. The summed E-state index contributed by atoms with van der Waals surface area (Å²) < 4.78 is 20.9. The third kappa shape index (κ3) is 9.02. The van der Waals surface area contributed by atoms with E-state index in [4.69, 9.17) is 18.9 Å². The van der Waals surface area contributed by atoms with E-state index in [2.05, 4.69) is 0 Å². The maximum Gasteiger partial charge on any atom is 0.305 e. The Morgan fingerprint density at radius 2 is 1.29 bits per heavy atom. The van der Waals surface area contributed by atoms with Crippen LogP contribution >= 0.6 is 0 Å². The summed E-state index contributed by atoms with van der Waals surface area (Å²) in [4.78, 5) is 22.4. The summed E-state index contributed by atoms with van der Waals surface area (Å²) in [6, 6.07) is 7.28. The van der Waals surface area contributed by atoms with Gasteiger partial charge < -0.3 is 18.9 Å². The molecule has 0 aliphatic carbocycles. The zero-order valence-corrected chi connectivity index (χ0v) is 14.4. The quantitative estimate of drug-likeness (QED) is 0.431. The van der Waals surface area contributed by atoms with Crippen molar-refractivity contribution < 1.29 is 28.5 Å². The fourth-order valence-electron chi connectivity index (χ4n) is 1.93. The highest BCUT2D eigenvalue weighted by Crippen LogP contribution is 2.20. The second-order valence-electron chi connectivity index (χ2n) is 4.99. The molecule has 0 aliphatic rings. The molecule has 6 nitrogen and oxygen atoms in total. The smallest absolute Gasteiger partial charge is 0.305 e. The minimum Gasteiger partial charge on any atom is -0.493 e. The number of carbonyl (C=O) groups is 2. The van der Waals surface area contributed by atoms with Crippen LogP contribution in [0.3, 0.4) is 0 Å². The summed E-state index contributed by atoms with van der Waals surface area (Å²) in [7, 11) is 0. The minimum absolute atomic E-state index is 0.209. The Kier molecular flexibility index (Phi) is 10.1. The third-order valence-electron chi connectivity index (χ3n) is 3.00. The van der Waals surface area contributed by atoms with Gasteiger partial charge >= 0.3 is 11.9 Å². The van der Waals surface area contributed by atoms with E-state index in [1.165, 1.54) is 0 Å². The lowest BCUT2D eigenvalue weighted by Gasteiger charge is -2.09. The van der Waals surface area contributed by atoms with Gasteiger partial charge in [-0.3, -0.25) is 9.59 Å². The highest BCUT2D eigenvalue weighted by atomic mass is 16.5. The summed E-state index contributed by atoms with van der Waals surface area (Å²) in [5.74, 6) is 0.947. The van der Waals surface area contributed by atoms with Crippen LogP contribution in [0.5, 0.6) is 11.5 Å². The first-order valence-corrected chi connectivity index (χ1v) is 8.32.